The Hall–Kier alpha value is -1.32. The summed E-state index contributed by atoms with van der Waals surface area (Å²) in [7, 11) is 0. The normalized spacial score (nSPS) is 18.3. The van der Waals surface area contributed by atoms with Gasteiger partial charge in [0.1, 0.15) is 5.75 Å². The van der Waals surface area contributed by atoms with Gasteiger partial charge in [0.05, 0.1) is 0 Å². The standard InChI is InChI=1S/C10H10O3/c11-9-5-1-4-8-7(9)3-2-6-10(8,12)13/h1-5,11-13H,6H2. The number of phenols is 1. The summed E-state index contributed by atoms with van der Waals surface area (Å²) >= 11 is 0. The maximum Gasteiger partial charge on any atom is 0.194 e. The molecule has 0 radical (unpaired) electrons. The number of phenolic OH excluding ortho intramolecular Hbond substituents is 1. The number of fused-ring (bicyclic) bond motifs is 1. The highest BCUT2D eigenvalue weighted by Gasteiger charge is 2.30. The molecule has 0 heterocycles. The lowest BCUT2D eigenvalue weighted by atomic mass is 9.91. The van der Waals surface area contributed by atoms with Crippen LogP contribution in [0.5, 0.6) is 5.75 Å². The molecule has 0 saturated carbocycles. The summed E-state index contributed by atoms with van der Waals surface area (Å²) in [4.78, 5) is 0. The van der Waals surface area contributed by atoms with Crippen molar-refractivity contribution in [3.05, 3.63) is 35.4 Å². The Morgan fingerprint density at radius 2 is 2.00 bits per heavy atom. The van der Waals surface area contributed by atoms with Gasteiger partial charge in [-0.2, -0.15) is 0 Å². The Bertz CT molecular complexity index is 366. The molecule has 0 unspecified atom stereocenters. The first-order chi connectivity index (χ1) is 6.11. The van der Waals surface area contributed by atoms with Crippen molar-refractivity contribution in [3.8, 4) is 5.75 Å². The van der Waals surface area contributed by atoms with Gasteiger partial charge in [0, 0.05) is 17.5 Å². The van der Waals surface area contributed by atoms with Crippen molar-refractivity contribution in [2.45, 2.75) is 12.2 Å². The van der Waals surface area contributed by atoms with Crippen molar-refractivity contribution in [3.63, 3.8) is 0 Å². The minimum atomic E-state index is -1.84. The summed E-state index contributed by atoms with van der Waals surface area (Å²) in [5, 5.41) is 28.5. The summed E-state index contributed by atoms with van der Waals surface area (Å²) in [5.74, 6) is -1.77. The molecular formula is C10H10O3. The molecule has 3 N–H and O–H groups in total. The van der Waals surface area contributed by atoms with Gasteiger partial charge in [0.15, 0.2) is 5.79 Å². The molecule has 68 valence electrons. The molecule has 0 saturated heterocycles. The second kappa shape index (κ2) is 2.58. The molecule has 13 heavy (non-hydrogen) atoms. The molecule has 2 rings (SSSR count). The molecule has 1 aromatic carbocycles. The number of aromatic hydroxyl groups is 1. The summed E-state index contributed by atoms with van der Waals surface area (Å²) in [6.07, 6.45) is 3.47. The van der Waals surface area contributed by atoms with Crippen LogP contribution in [0.3, 0.4) is 0 Å². The van der Waals surface area contributed by atoms with Gasteiger partial charge in [-0.05, 0) is 6.07 Å². The fourth-order valence-electron chi connectivity index (χ4n) is 1.53. The lowest BCUT2D eigenvalue weighted by Crippen LogP contribution is -2.26. The third kappa shape index (κ3) is 1.22. The summed E-state index contributed by atoms with van der Waals surface area (Å²) < 4.78 is 0. The smallest absolute Gasteiger partial charge is 0.194 e. The van der Waals surface area contributed by atoms with E-state index in [9.17, 15) is 15.3 Å². The van der Waals surface area contributed by atoms with Gasteiger partial charge in [-0.25, -0.2) is 0 Å². The fourth-order valence-corrected chi connectivity index (χ4v) is 1.53. The van der Waals surface area contributed by atoms with Gasteiger partial charge in [-0.3, -0.25) is 0 Å². The fraction of sp³-hybridized carbons (Fsp3) is 0.200. The summed E-state index contributed by atoms with van der Waals surface area (Å²) in [5.41, 5.74) is 0.841. The lowest BCUT2D eigenvalue weighted by molar-refractivity contribution is -0.167. The van der Waals surface area contributed by atoms with E-state index in [1.807, 2.05) is 0 Å². The monoisotopic (exact) mass is 178 g/mol. The maximum atomic E-state index is 9.54. The van der Waals surface area contributed by atoms with Crippen LogP contribution in [0.2, 0.25) is 0 Å². The minimum absolute atomic E-state index is 0.0703. The van der Waals surface area contributed by atoms with Crippen molar-refractivity contribution < 1.29 is 15.3 Å². The Morgan fingerprint density at radius 3 is 2.69 bits per heavy atom. The molecule has 0 amide bonds. The van der Waals surface area contributed by atoms with Gasteiger partial charge in [-0.1, -0.05) is 24.3 Å². The zero-order valence-corrected chi connectivity index (χ0v) is 6.94. The third-order valence-electron chi connectivity index (χ3n) is 2.20. The van der Waals surface area contributed by atoms with E-state index in [1.54, 1.807) is 24.3 Å². The first-order valence-electron chi connectivity index (χ1n) is 4.05. The van der Waals surface area contributed by atoms with E-state index in [2.05, 4.69) is 0 Å². The highest BCUT2D eigenvalue weighted by molar-refractivity contribution is 5.63. The molecule has 1 aliphatic carbocycles. The van der Waals surface area contributed by atoms with Gasteiger partial charge >= 0.3 is 0 Å². The molecule has 3 nitrogen and oxygen atoms in total. The Balaban J connectivity index is 2.67. The molecule has 0 aliphatic heterocycles. The largest absolute Gasteiger partial charge is 0.507 e. The quantitative estimate of drug-likeness (QED) is 0.518. The maximum absolute atomic E-state index is 9.54. The Kier molecular flexibility index (Phi) is 1.65. The molecule has 0 bridgehead atoms. The van der Waals surface area contributed by atoms with E-state index in [1.165, 1.54) is 6.07 Å². The highest BCUT2D eigenvalue weighted by Crippen LogP contribution is 2.35. The summed E-state index contributed by atoms with van der Waals surface area (Å²) in [6, 6.07) is 4.71. The topological polar surface area (TPSA) is 60.7 Å². The van der Waals surface area contributed by atoms with Gasteiger partial charge in [-0.15, -0.1) is 0 Å². The lowest BCUT2D eigenvalue weighted by Gasteiger charge is -2.26. The van der Waals surface area contributed by atoms with Crippen LogP contribution in [0.15, 0.2) is 24.3 Å². The first kappa shape index (κ1) is 8.29. The van der Waals surface area contributed by atoms with Crippen LogP contribution in [0.1, 0.15) is 17.5 Å². The van der Waals surface area contributed by atoms with E-state index < -0.39 is 5.79 Å². The van der Waals surface area contributed by atoms with Crippen molar-refractivity contribution in [2.24, 2.45) is 0 Å². The van der Waals surface area contributed by atoms with Gasteiger partial charge < -0.3 is 15.3 Å². The second-order valence-corrected chi connectivity index (χ2v) is 3.16. The van der Waals surface area contributed by atoms with Crippen LogP contribution in [0.4, 0.5) is 0 Å². The Morgan fingerprint density at radius 1 is 1.23 bits per heavy atom. The van der Waals surface area contributed by atoms with Crippen molar-refractivity contribution in [2.75, 3.05) is 0 Å². The number of aliphatic hydroxyl groups is 2. The van der Waals surface area contributed by atoms with Crippen LogP contribution in [0.25, 0.3) is 6.08 Å². The van der Waals surface area contributed by atoms with Crippen molar-refractivity contribution in [1.82, 2.24) is 0 Å². The minimum Gasteiger partial charge on any atom is -0.507 e. The molecule has 0 atom stereocenters. The van der Waals surface area contributed by atoms with Crippen LogP contribution >= 0.6 is 0 Å². The molecule has 0 fully saturated rings. The number of hydrogen-bond acceptors (Lipinski definition) is 3. The Labute approximate surface area is 75.6 Å². The highest BCUT2D eigenvalue weighted by atomic mass is 16.5. The van der Waals surface area contributed by atoms with E-state index in [0.717, 1.165) is 0 Å². The zero-order chi connectivity index (χ0) is 9.47. The predicted octanol–water partition coefficient (Wildman–Crippen LogP) is 0.947. The van der Waals surface area contributed by atoms with Crippen LogP contribution < -0.4 is 0 Å². The van der Waals surface area contributed by atoms with E-state index in [-0.39, 0.29) is 12.2 Å². The second-order valence-electron chi connectivity index (χ2n) is 3.16. The van der Waals surface area contributed by atoms with Gasteiger partial charge in [0.2, 0.25) is 0 Å². The SMILES string of the molecule is Oc1cccc2c1C=CCC2(O)O. The van der Waals surface area contributed by atoms with Crippen LogP contribution in [0, 0.1) is 0 Å². The number of benzene rings is 1. The van der Waals surface area contributed by atoms with E-state index >= 15 is 0 Å². The van der Waals surface area contributed by atoms with Crippen molar-refractivity contribution in [1.29, 1.82) is 0 Å². The third-order valence-corrected chi connectivity index (χ3v) is 2.20. The molecule has 1 aromatic rings. The van der Waals surface area contributed by atoms with Crippen molar-refractivity contribution >= 4 is 6.08 Å². The number of rotatable bonds is 0. The zero-order valence-electron chi connectivity index (χ0n) is 6.94. The molecule has 1 aliphatic rings. The molecule has 0 spiro atoms. The first-order valence-corrected chi connectivity index (χ1v) is 4.05. The van der Waals surface area contributed by atoms with E-state index in [0.29, 0.717) is 11.1 Å². The van der Waals surface area contributed by atoms with Gasteiger partial charge in [0.25, 0.3) is 0 Å². The van der Waals surface area contributed by atoms with Crippen LogP contribution in [-0.2, 0) is 5.79 Å². The molecule has 0 aromatic heterocycles. The van der Waals surface area contributed by atoms with Crippen LogP contribution in [-0.4, -0.2) is 15.3 Å². The van der Waals surface area contributed by atoms with E-state index in [4.69, 9.17) is 0 Å². The molecular weight excluding hydrogens is 168 g/mol. The summed E-state index contributed by atoms with van der Waals surface area (Å²) in [6.45, 7) is 0. The predicted molar refractivity (Wildman–Crippen MR) is 47.9 cm³/mol. The number of hydrogen-bond donors (Lipinski definition) is 3. The molecule has 3 heteroatoms. The average Bonchev–Trinajstić information content (AvgIpc) is 2.06. The average molecular weight is 178 g/mol.